The smallest absolute Gasteiger partial charge is 0.166 e. The number of anilines is 1. The summed E-state index contributed by atoms with van der Waals surface area (Å²) in [5, 5.41) is 0. The van der Waals surface area contributed by atoms with E-state index in [0.717, 1.165) is 0 Å². The summed E-state index contributed by atoms with van der Waals surface area (Å²) in [5.41, 5.74) is 5.73. The summed E-state index contributed by atoms with van der Waals surface area (Å²) >= 11 is 3.99. The topological polar surface area (TPSA) is 38.9 Å². The zero-order valence-corrected chi connectivity index (χ0v) is 7.81. The average Bonchev–Trinajstić information content (AvgIpc) is 2.12. The molecule has 0 amide bonds. The number of halogens is 1. The van der Waals surface area contributed by atoms with Gasteiger partial charge in [0.25, 0.3) is 0 Å². The molecule has 13 heavy (non-hydrogen) atoms. The van der Waals surface area contributed by atoms with E-state index < -0.39 is 5.82 Å². The molecule has 0 unspecified atom stereocenters. The summed E-state index contributed by atoms with van der Waals surface area (Å²) in [6.07, 6.45) is 2.12. The second-order valence-corrected chi connectivity index (χ2v) is 2.81. The van der Waals surface area contributed by atoms with Crippen molar-refractivity contribution < 1.29 is 4.39 Å². The summed E-state index contributed by atoms with van der Waals surface area (Å²) in [6, 6.07) is 1.27. The van der Waals surface area contributed by atoms with Gasteiger partial charge in [-0.25, -0.2) is 9.37 Å². The minimum absolute atomic E-state index is 0.0975. The zero-order valence-electron chi connectivity index (χ0n) is 6.92. The lowest BCUT2D eigenvalue weighted by molar-refractivity contribution is 0.626. The number of hydrogen-bond donors (Lipinski definition) is 2. The number of nitrogens with two attached hydrogens (primary N) is 1. The number of thiol groups is 1. The van der Waals surface area contributed by atoms with Crippen LogP contribution >= 0.6 is 12.6 Å². The van der Waals surface area contributed by atoms with Crippen LogP contribution < -0.4 is 5.73 Å². The maximum atomic E-state index is 12.8. The predicted octanol–water partition coefficient (Wildman–Crippen LogP) is 1.47. The van der Waals surface area contributed by atoms with E-state index in [9.17, 15) is 4.39 Å². The van der Waals surface area contributed by atoms with Crippen molar-refractivity contribution in [2.45, 2.75) is 6.42 Å². The highest BCUT2D eigenvalue weighted by Crippen LogP contribution is 2.06. The average molecular weight is 196 g/mol. The van der Waals surface area contributed by atoms with Gasteiger partial charge in [-0.1, -0.05) is 11.8 Å². The Balaban J connectivity index is 2.81. The van der Waals surface area contributed by atoms with Crippen LogP contribution in [0.3, 0.4) is 0 Å². The summed E-state index contributed by atoms with van der Waals surface area (Å²) in [7, 11) is 0. The highest BCUT2D eigenvalue weighted by atomic mass is 32.1. The largest absolute Gasteiger partial charge is 0.381 e. The van der Waals surface area contributed by atoms with Gasteiger partial charge in [-0.05, 0) is 6.07 Å². The van der Waals surface area contributed by atoms with E-state index in [4.69, 9.17) is 5.73 Å². The molecule has 0 spiro atoms. The predicted molar refractivity (Wildman–Crippen MR) is 54.0 cm³/mol. The summed E-state index contributed by atoms with van der Waals surface area (Å²) in [5.74, 6) is 5.65. The molecule has 0 aromatic carbocycles. The first-order chi connectivity index (χ1) is 6.24. The van der Waals surface area contributed by atoms with Crippen LogP contribution in [0.2, 0.25) is 0 Å². The van der Waals surface area contributed by atoms with E-state index in [1.807, 2.05) is 0 Å². The van der Waals surface area contributed by atoms with Gasteiger partial charge >= 0.3 is 0 Å². The van der Waals surface area contributed by atoms with E-state index in [2.05, 4.69) is 29.5 Å². The maximum Gasteiger partial charge on any atom is 0.166 e. The first kappa shape index (κ1) is 9.87. The molecular formula is C9H9FN2S. The molecule has 0 atom stereocenters. The standard InChI is InChI=1S/C9H9FN2S/c10-8-5-7(3-1-2-4-13)6-12-9(8)11/h5-6,13H,2,4H2,(H2,11,12). The van der Waals surface area contributed by atoms with Gasteiger partial charge in [0.05, 0.1) is 0 Å². The van der Waals surface area contributed by atoms with Gasteiger partial charge in [0, 0.05) is 23.9 Å². The Morgan fingerprint density at radius 1 is 1.62 bits per heavy atom. The van der Waals surface area contributed by atoms with Gasteiger partial charge in [0.2, 0.25) is 0 Å². The molecule has 0 aliphatic heterocycles. The fraction of sp³-hybridized carbons (Fsp3) is 0.222. The molecule has 2 nitrogen and oxygen atoms in total. The van der Waals surface area contributed by atoms with Crippen LogP contribution in [0.4, 0.5) is 10.2 Å². The minimum atomic E-state index is -0.530. The van der Waals surface area contributed by atoms with Gasteiger partial charge in [-0.3, -0.25) is 0 Å². The van der Waals surface area contributed by atoms with E-state index in [1.165, 1.54) is 12.3 Å². The second kappa shape index (κ2) is 4.73. The quantitative estimate of drug-likeness (QED) is 0.527. The van der Waals surface area contributed by atoms with Gasteiger partial charge in [-0.2, -0.15) is 12.6 Å². The molecule has 1 rings (SSSR count). The highest BCUT2D eigenvalue weighted by Gasteiger charge is 1.98. The molecule has 0 radical (unpaired) electrons. The maximum absolute atomic E-state index is 12.8. The second-order valence-electron chi connectivity index (χ2n) is 2.37. The number of nitrogens with zero attached hydrogens (tertiary/aromatic N) is 1. The van der Waals surface area contributed by atoms with E-state index >= 15 is 0 Å². The third-order valence-electron chi connectivity index (χ3n) is 1.34. The van der Waals surface area contributed by atoms with Crippen LogP contribution in [0.1, 0.15) is 12.0 Å². The third-order valence-corrected chi connectivity index (χ3v) is 1.56. The molecule has 0 bridgehead atoms. The number of pyridine rings is 1. The lowest BCUT2D eigenvalue weighted by Crippen LogP contribution is -1.94. The molecule has 1 aromatic rings. The van der Waals surface area contributed by atoms with Crippen LogP contribution in [0.15, 0.2) is 12.3 Å². The van der Waals surface area contributed by atoms with Gasteiger partial charge in [0.1, 0.15) is 0 Å². The van der Waals surface area contributed by atoms with Crippen molar-refractivity contribution in [2.75, 3.05) is 11.5 Å². The Morgan fingerprint density at radius 3 is 3.00 bits per heavy atom. The molecule has 2 N–H and O–H groups in total. The molecule has 1 heterocycles. The Labute approximate surface area is 81.8 Å². The van der Waals surface area contributed by atoms with E-state index in [-0.39, 0.29) is 5.82 Å². The van der Waals surface area contributed by atoms with Crippen molar-refractivity contribution in [2.24, 2.45) is 0 Å². The summed E-state index contributed by atoms with van der Waals surface area (Å²) in [6.45, 7) is 0. The Morgan fingerprint density at radius 2 is 2.38 bits per heavy atom. The van der Waals surface area contributed by atoms with Crippen LogP contribution in [0.5, 0.6) is 0 Å². The molecule has 0 saturated heterocycles. The van der Waals surface area contributed by atoms with Crippen LogP contribution in [0.25, 0.3) is 0 Å². The minimum Gasteiger partial charge on any atom is -0.381 e. The van der Waals surface area contributed by atoms with E-state index in [0.29, 0.717) is 17.7 Å². The molecule has 1 aromatic heterocycles. The Kier molecular flexibility index (Phi) is 3.59. The zero-order chi connectivity index (χ0) is 9.68. The first-order valence-electron chi connectivity index (χ1n) is 3.75. The fourth-order valence-corrected chi connectivity index (χ4v) is 0.849. The molecule has 0 saturated carbocycles. The van der Waals surface area contributed by atoms with Crippen LogP contribution in [0, 0.1) is 17.7 Å². The first-order valence-corrected chi connectivity index (χ1v) is 4.38. The SMILES string of the molecule is Nc1ncc(C#CCCS)cc1F. The van der Waals surface area contributed by atoms with Crippen molar-refractivity contribution in [3.05, 3.63) is 23.6 Å². The number of nitrogen functional groups attached to an aromatic ring is 1. The monoisotopic (exact) mass is 196 g/mol. The van der Waals surface area contributed by atoms with Crippen molar-refractivity contribution in [1.29, 1.82) is 0 Å². The van der Waals surface area contributed by atoms with Crippen molar-refractivity contribution in [3.63, 3.8) is 0 Å². The molecule has 0 aliphatic carbocycles. The lowest BCUT2D eigenvalue weighted by atomic mass is 10.2. The van der Waals surface area contributed by atoms with Crippen LogP contribution in [-0.2, 0) is 0 Å². The molecule has 0 fully saturated rings. The fourth-order valence-electron chi connectivity index (χ4n) is 0.737. The van der Waals surface area contributed by atoms with Crippen molar-refractivity contribution in [1.82, 2.24) is 4.98 Å². The highest BCUT2D eigenvalue weighted by molar-refractivity contribution is 7.80. The van der Waals surface area contributed by atoms with Crippen molar-refractivity contribution in [3.8, 4) is 11.8 Å². The van der Waals surface area contributed by atoms with Gasteiger partial charge in [0.15, 0.2) is 11.6 Å². The normalized spacial score (nSPS) is 9.08. The molecular weight excluding hydrogens is 187 g/mol. The number of aromatic nitrogens is 1. The molecule has 4 heteroatoms. The molecule has 68 valence electrons. The van der Waals surface area contributed by atoms with Crippen LogP contribution in [-0.4, -0.2) is 10.7 Å². The lowest BCUT2D eigenvalue weighted by Gasteiger charge is -1.94. The summed E-state index contributed by atoms with van der Waals surface area (Å²) < 4.78 is 12.8. The number of rotatable bonds is 1. The Hall–Kier alpha value is -1.21. The third kappa shape index (κ3) is 2.96. The number of hydrogen-bond acceptors (Lipinski definition) is 3. The Bertz CT molecular complexity index is 354. The van der Waals surface area contributed by atoms with Gasteiger partial charge < -0.3 is 5.73 Å². The molecule has 0 aliphatic rings. The van der Waals surface area contributed by atoms with Crippen molar-refractivity contribution >= 4 is 18.4 Å². The van der Waals surface area contributed by atoms with Gasteiger partial charge in [-0.15, -0.1) is 0 Å². The summed E-state index contributed by atoms with van der Waals surface area (Å²) in [4.78, 5) is 3.64. The van der Waals surface area contributed by atoms with E-state index in [1.54, 1.807) is 0 Å².